The number of nitrogens with one attached hydrogen (secondary N) is 1. The molecule has 0 aromatic carbocycles. The Balaban J connectivity index is 2.19. The third kappa shape index (κ3) is 4.07. The number of carbonyl (C=O) groups excluding carboxylic acids is 1. The molecule has 0 saturated heterocycles. The zero-order chi connectivity index (χ0) is 17.0. The molecule has 8 heteroatoms. The van der Waals surface area contributed by atoms with E-state index < -0.39 is 5.25 Å². The molecule has 0 radical (unpaired) electrons. The van der Waals surface area contributed by atoms with Crippen LogP contribution in [0.15, 0.2) is 15.6 Å². The molecule has 0 bridgehead atoms. The van der Waals surface area contributed by atoms with Gasteiger partial charge in [0.1, 0.15) is 28.2 Å². The van der Waals surface area contributed by atoms with Crippen LogP contribution in [0.1, 0.15) is 36.2 Å². The largest absolute Gasteiger partial charge is 0.360 e. The summed E-state index contributed by atoms with van der Waals surface area (Å²) in [7, 11) is 0. The van der Waals surface area contributed by atoms with Gasteiger partial charge in [0.05, 0.1) is 10.9 Å². The van der Waals surface area contributed by atoms with Crippen LogP contribution in [0.5, 0.6) is 0 Å². The molecule has 0 aliphatic carbocycles. The smallest absolute Gasteiger partial charge is 0.239 e. The third-order valence-electron chi connectivity index (χ3n) is 3.08. The van der Waals surface area contributed by atoms with E-state index in [-0.39, 0.29) is 5.91 Å². The highest BCUT2D eigenvalue weighted by molar-refractivity contribution is 8.00. The van der Waals surface area contributed by atoms with Gasteiger partial charge in [0.15, 0.2) is 5.82 Å². The molecule has 2 aromatic heterocycles. The number of hydrogen-bond acceptors (Lipinski definition) is 7. The van der Waals surface area contributed by atoms with E-state index in [0.717, 1.165) is 0 Å². The van der Waals surface area contributed by atoms with Crippen LogP contribution in [-0.4, -0.2) is 26.3 Å². The highest BCUT2D eigenvalue weighted by Gasteiger charge is 2.22. The van der Waals surface area contributed by atoms with Crippen LogP contribution in [0.4, 0.5) is 5.82 Å². The third-order valence-corrected chi connectivity index (χ3v) is 4.43. The van der Waals surface area contributed by atoms with Gasteiger partial charge in [0.2, 0.25) is 5.91 Å². The molecule has 2 aromatic rings. The van der Waals surface area contributed by atoms with Gasteiger partial charge in [-0.1, -0.05) is 23.8 Å². The van der Waals surface area contributed by atoms with Crippen molar-refractivity contribution >= 4 is 23.5 Å². The summed E-state index contributed by atoms with van der Waals surface area (Å²) in [5, 5.41) is 15.9. The number of nitrogens with zero attached hydrogens (tertiary/aromatic N) is 4. The first-order valence-electron chi connectivity index (χ1n) is 7.10. The van der Waals surface area contributed by atoms with Gasteiger partial charge in [-0.15, -0.1) is 0 Å². The Hall–Kier alpha value is -2.40. The Bertz CT molecular complexity index is 766. The topological polar surface area (TPSA) is 105 Å². The lowest BCUT2D eigenvalue weighted by atomic mass is 10.2. The van der Waals surface area contributed by atoms with Gasteiger partial charge in [-0.2, -0.15) is 5.26 Å². The SMILES string of the molecule is CCC(Sc1nc(C)nc(C)c1C#N)C(=O)Nc1cc(C)on1. The Labute approximate surface area is 138 Å². The fourth-order valence-electron chi connectivity index (χ4n) is 1.98. The predicted octanol–water partition coefficient (Wildman–Crippen LogP) is 2.77. The molecule has 1 unspecified atom stereocenters. The van der Waals surface area contributed by atoms with E-state index >= 15 is 0 Å². The minimum Gasteiger partial charge on any atom is -0.360 e. The molecule has 2 heterocycles. The lowest BCUT2D eigenvalue weighted by molar-refractivity contribution is -0.115. The fraction of sp³-hybridized carbons (Fsp3) is 0.400. The van der Waals surface area contributed by atoms with Crippen molar-refractivity contribution in [2.75, 3.05) is 5.32 Å². The van der Waals surface area contributed by atoms with Crippen molar-refractivity contribution in [1.29, 1.82) is 5.26 Å². The molecule has 1 amide bonds. The minimum absolute atomic E-state index is 0.205. The number of amides is 1. The monoisotopic (exact) mass is 331 g/mol. The summed E-state index contributed by atoms with van der Waals surface area (Å²) in [4.78, 5) is 20.9. The number of thioether (sulfide) groups is 1. The van der Waals surface area contributed by atoms with E-state index in [2.05, 4.69) is 26.5 Å². The molecule has 0 saturated carbocycles. The van der Waals surface area contributed by atoms with Crippen molar-refractivity contribution < 1.29 is 9.32 Å². The maximum absolute atomic E-state index is 12.4. The quantitative estimate of drug-likeness (QED) is 0.663. The summed E-state index contributed by atoms with van der Waals surface area (Å²) < 4.78 is 4.93. The van der Waals surface area contributed by atoms with Crippen LogP contribution in [0.3, 0.4) is 0 Å². The standard InChI is InChI=1S/C15H17N5O2S/c1-5-12(14(21)19-13-6-8(2)22-20-13)23-15-11(7-16)9(3)17-10(4)18-15/h6,12H,5H2,1-4H3,(H,19,20,21). The number of carbonyl (C=O) groups is 1. The van der Waals surface area contributed by atoms with Crippen molar-refractivity contribution in [1.82, 2.24) is 15.1 Å². The van der Waals surface area contributed by atoms with Crippen molar-refractivity contribution in [2.45, 2.75) is 44.4 Å². The van der Waals surface area contributed by atoms with Crippen molar-refractivity contribution in [2.24, 2.45) is 0 Å². The summed E-state index contributed by atoms with van der Waals surface area (Å²) in [6, 6.07) is 3.76. The van der Waals surface area contributed by atoms with Crippen LogP contribution < -0.4 is 5.32 Å². The first-order valence-corrected chi connectivity index (χ1v) is 7.98. The van der Waals surface area contributed by atoms with Crippen molar-refractivity contribution in [3.8, 4) is 6.07 Å². The van der Waals surface area contributed by atoms with E-state index in [0.29, 0.717) is 40.1 Å². The minimum atomic E-state index is -0.396. The van der Waals surface area contributed by atoms with Crippen LogP contribution in [0, 0.1) is 32.1 Å². The number of hydrogen-bond donors (Lipinski definition) is 1. The maximum Gasteiger partial charge on any atom is 0.239 e. The first-order chi connectivity index (χ1) is 10.9. The van der Waals surface area contributed by atoms with Crippen LogP contribution in [-0.2, 0) is 4.79 Å². The van der Waals surface area contributed by atoms with Crippen LogP contribution in [0.25, 0.3) is 0 Å². The van der Waals surface area contributed by atoms with E-state index in [1.54, 1.807) is 26.8 Å². The fourth-order valence-corrected chi connectivity index (χ4v) is 3.08. The summed E-state index contributed by atoms with van der Waals surface area (Å²) in [5.41, 5.74) is 1.02. The van der Waals surface area contributed by atoms with Gasteiger partial charge in [-0.25, -0.2) is 9.97 Å². The molecule has 0 aliphatic rings. The number of aromatic nitrogens is 3. The average molecular weight is 331 g/mol. The molecule has 2 rings (SSSR count). The zero-order valence-electron chi connectivity index (χ0n) is 13.4. The predicted molar refractivity (Wildman–Crippen MR) is 86.0 cm³/mol. The maximum atomic E-state index is 12.4. The zero-order valence-corrected chi connectivity index (χ0v) is 14.2. The normalized spacial score (nSPS) is 11.8. The van der Waals surface area contributed by atoms with Gasteiger partial charge in [-0.3, -0.25) is 4.79 Å². The van der Waals surface area contributed by atoms with Gasteiger partial charge in [0, 0.05) is 6.07 Å². The Kier molecular flexibility index (Phi) is 5.34. The molecule has 23 heavy (non-hydrogen) atoms. The molecule has 0 fully saturated rings. The molecule has 7 nitrogen and oxygen atoms in total. The summed E-state index contributed by atoms with van der Waals surface area (Å²) in [6.45, 7) is 7.17. The Morgan fingerprint density at radius 2 is 2.17 bits per heavy atom. The van der Waals surface area contributed by atoms with Crippen LogP contribution in [0.2, 0.25) is 0 Å². The molecule has 120 valence electrons. The summed E-state index contributed by atoms with van der Waals surface area (Å²) >= 11 is 1.26. The molecule has 1 atom stereocenters. The lowest BCUT2D eigenvalue weighted by Crippen LogP contribution is -2.25. The highest BCUT2D eigenvalue weighted by atomic mass is 32.2. The average Bonchev–Trinajstić information content (AvgIpc) is 2.89. The van der Waals surface area contributed by atoms with Crippen molar-refractivity contribution in [3.05, 3.63) is 28.9 Å². The first kappa shape index (κ1) is 17.0. The van der Waals surface area contributed by atoms with E-state index in [1.807, 2.05) is 6.92 Å². The van der Waals surface area contributed by atoms with Gasteiger partial charge in [0.25, 0.3) is 0 Å². The second-order valence-corrected chi connectivity index (χ2v) is 6.17. The van der Waals surface area contributed by atoms with Crippen LogP contribution >= 0.6 is 11.8 Å². The lowest BCUT2D eigenvalue weighted by Gasteiger charge is -2.14. The number of rotatable bonds is 5. The second-order valence-electron chi connectivity index (χ2n) is 4.97. The number of anilines is 1. The molecule has 0 spiro atoms. The van der Waals surface area contributed by atoms with Gasteiger partial charge < -0.3 is 9.84 Å². The number of nitriles is 1. The van der Waals surface area contributed by atoms with Gasteiger partial charge >= 0.3 is 0 Å². The summed E-state index contributed by atoms with van der Waals surface area (Å²) in [5.74, 6) is 1.37. The molecular formula is C15H17N5O2S. The molecular weight excluding hydrogens is 314 g/mol. The number of aryl methyl sites for hydroxylation is 3. The van der Waals surface area contributed by atoms with Crippen molar-refractivity contribution in [3.63, 3.8) is 0 Å². The van der Waals surface area contributed by atoms with Gasteiger partial charge in [-0.05, 0) is 27.2 Å². The second kappa shape index (κ2) is 7.24. The Morgan fingerprint density at radius 3 is 2.74 bits per heavy atom. The van der Waals surface area contributed by atoms with E-state index in [1.165, 1.54) is 11.8 Å². The Morgan fingerprint density at radius 1 is 1.43 bits per heavy atom. The summed E-state index contributed by atoms with van der Waals surface area (Å²) in [6.07, 6.45) is 0.584. The highest BCUT2D eigenvalue weighted by Crippen LogP contribution is 2.28. The van der Waals surface area contributed by atoms with E-state index in [9.17, 15) is 10.1 Å². The molecule has 1 N–H and O–H groups in total. The molecule has 0 aliphatic heterocycles. The van der Waals surface area contributed by atoms with E-state index in [4.69, 9.17) is 4.52 Å².